The highest BCUT2D eigenvalue weighted by Crippen LogP contribution is 2.12. The van der Waals surface area contributed by atoms with Crippen molar-refractivity contribution in [2.24, 2.45) is 7.05 Å². The molecule has 0 aliphatic rings. The highest BCUT2D eigenvalue weighted by atomic mass is 15.3. The minimum atomic E-state index is 0.103. The van der Waals surface area contributed by atoms with Crippen LogP contribution in [0.4, 0.5) is 0 Å². The van der Waals surface area contributed by atoms with Crippen LogP contribution in [0.3, 0.4) is 0 Å². The van der Waals surface area contributed by atoms with Crippen molar-refractivity contribution < 1.29 is 0 Å². The maximum atomic E-state index is 4.05. The summed E-state index contributed by atoms with van der Waals surface area (Å²) >= 11 is 0. The molecule has 0 aliphatic heterocycles. The normalized spacial score (nSPS) is 14.5. The van der Waals surface area contributed by atoms with Gasteiger partial charge in [-0.2, -0.15) is 0 Å². The summed E-state index contributed by atoms with van der Waals surface area (Å²) in [6.07, 6.45) is 1.72. The van der Waals surface area contributed by atoms with Crippen LogP contribution < -0.4 is 5.32 Å². The van der Waals surface area contributed by atoms with E-state index in [1.807, 2.05) is 11.6 Å². The highest BCUT2D eigenvalue weighted by Gasteiger charge is 2.17. The molecule has 4 nitrogen and oxygen atoms in total. The molecule has 0 radical (unpaired) electrons. The van der Waals surface area contributed by atoms with Crippen LogP contribution in [0.1, 0.15) is 39.6 Å². The van der Waals surface area contributed by atoms with Crippen molar-refractivity contribution in [1.29, 1.82) is 0 Å². The SMILES string of the molecule is CC(NC(C)(C)C)c1nncn1C. The van der Waals surface area contributed by atoms with Crippen LogP contribution in [0.5, 0.6) is 0 Å². The molecule has 74 valence electrons. The van der Waals surface area contributed by atoms with Crippen LogP contribution in [0.2, 0.25) is 0 Å². The van der Waals surface area contributed by atoms with Gasteiger partial charge >= 0.3 is 0 Å². The van der Waals surface area contributed by atoms with Gasteiger partial charge in [-0.05, 0) is 27.7 Å². The number of hydrogen-bond donors (Lipinski definition) is 1. The zero-order valence-corrected chi connectivity index (χ0v) is 9.00. The molecule has 0 aliphatic carbocycles. The van der Waals surface area contributed by atoms with Gasteiger partial charge in [0.25, 0.3) is 0 Å². The van der Waals surface area contributed by atoms with Gasteiger partial charge in [-0.3, -0.25) is 0 Å². The first-order chi connectivity index (χ1) is 5.90. The Morgan fingerprint density at radius 1 is 1.46 bits per heavy atom. The topological polar surface area (TPSA) is 42.7 Å². The van der Waals surface area contributed by atoms with E-state index in [0.717, 1.165) is 5.82 Å². The second kappa shape index (κ2) is 3.46. The second-order valence-corrected chi connectivity index (χ2v) is 4.42. The van der Waals surface area contributed by atoms with E-state index >= 15 is 0 Å². The van der Waals surface area contributed by atoms with Crippen molar-refractivity contribution in [3.05, 3.63) is 12.2 Å². The molecule has 4 heteroatoms. The predicted molar refractivity (Wildman–Crippen MR) is 52.3 cm³/mol. The van der Waals surface area contributed by atoms with Crippen molar-refractivity contribution in [1.82, 2.24) is 20.1 Å². The molecule has 0 aromatic carbocycles. The Morgan fingerprint density at radius 2 is 2.08 bits per heavy atom. The summed E-state index contributed by atoms with van der Waals surface area (Å²) in [6, 6.07) is 0.229. The van der Waals surface area contributed by atoms with Crippen molar-refractivity contribution in [2.75, 3.05) is 0 Å². The molecule has 13 heavy (non-hydrogen) atoms. The van der Waals surface area contributed by atoms with E-state index in [9.17, 15) is 0 Å². The highest BCUT2D eigenvalue weighted by molar-refractivity contribution is 4.94. The quantitative estimate of drug-likeness (QED) is 0.749. The molecule has 0 amide bonds. The zero-order chi connectivity index (χ0) is 10.1. The molecule has 1 N–H and O–H groups in total. The van der Waals surface area contributed by atoms with Gasteiger partial charge in [0.2, 0.25) is 0 Å². The van der Waals surface area contributed by atoms with E-state index in [1.54, 1.807) is 6.33 Å². The monoisotopic (exact) mass is 182 g/mol. The Bertz CT molecular complexity index is 271. The average molecular weight is 182 g/mol. The van der Waals surface area contributed by atoms with E-state index in [1.165, 1.54) is 0 Å². The predicted octanol–water partition coefficient (Wildman–Crippen LogP) is 1.26. The van der Waals surface area contributed by atoms with Crippen LogP contribution in [-0.4, -0.2) is 20.3 Å². The Balaban J connectivity index is 2.69. The Hall–Kier alpha value is -0.900. The van der Waals surface area contributed by atoms with Gasteiger partial charge < -0.3 is 9.88 Å². The molecule has 0 spiro atoms. The first-order valence-electron chi connectivity index (χ1n) is 4.52. The first kappa shape index (κ1) is 10.2. The van der Waals surface area contributed by atoms with Crippen molar-refractivity contribution in [3.63, 3.8) is 0 Å². The number of aromatic nitrogens is 3. The molecular weight excluding hydrogens is 164 g/mol. The summed E-state index contributed by atoms with van der Waals surface area (Å²) in [5.41, 5.74) is 0.103. The smallest absolute Gasteiger partial charge is 0.149 e. The molecule has 1 heterocycles. The van der Waals surface area contributed by atoms with E-state index in [4.69, 9.17) is 0 Å². The molecule has 0 saturated heterocycles. The number of nitrogens with one attached hydrogen (secondary N) is 1. The van der Waals surface area contributed by atoms with Crippen LogP contribution in [0, 0.1) is 0 Å². The molecular formula is C9H18N4. The summed E-state index contributed by atoms with van der Waals surface area (Å²) in [6.45, 7) is 8.51. The number of nitrogens with zero attached hydrogens (tertiary/aromatic N) is 3. The van der Waals surface area contributed by atoms with Gasteiger partial charge in [0.1, 0.15) is 12.2 Å². The van der Waals surface area contributed by atoms with Crippen LogP contribution in [0.15, 0.2) is 6.33 Å². The van der Waals surface area contributed by atoms with E-state index < -0.39 is 0 Å². The number of aryl methyl sites for hydroxylation is 1. The molecule has 1 atom stereocenters. The summed E-state index contributed by atoms with van der Waals surface area (Å²) in [5.74, 6) is 0.968. The second-order valence-electron chi connectivity index (χ2n) is 4.42. The van der Waals surface area contributed by atoms with Gasteiger partial charge in [-0.1, -0.05) is 0 Å². The van der Waals surface area contributed by atoms with Gasteiger partial charge in [0, 0.05) is 12.6 Å². The maximum absolute atomic E-state index is 4.05. The number of rotatable bonds is 2. The standard InChI is InChI=1S/C9H18N4/c1-7(11-9(2,3)4)8-12-10-6-13(8)5/h6-7,11H,1-5H3. The first-order valence-corrected chi connectivity index (χ1v) is 4.52. The third kappa shape index (κ3) is 2.81. The van der Waals surface area contributed by atoms with Gasteiger partial charge in [-0.25, -0.2) is 0 Å². The summed E-state index contributed by atoms with van der Waals surface area (Å²) in [7, 11) is 1.95. The molecule has 1 aromatic rings. The molecule has 1 aromatic heterocycles. The summed E-state index contributed by atoms with van der Waals surface area (Å²) in [4.78, 5) is 0. The largest absolute Gasteiger partial charge is 0.319 e. The molecule has 1 unspecified atom stereocenters. The molecule has 0 saturated carbocycles. The van der Waals surface area contributed by atoms with Crippen molar-refractivity contribution in [2.45, 2.75) is 39.3 Å². The van der Waals surface area contributed by atoms with Gasteiger partial charge in [0.05, 0.1) is 6.04 Å². The Morgan fingerprint density at radius 3 is 2.46 bits per heavy atom. The van der Waals surface area contributed by atoms with E-state index in [2.05, 4.69) is 43.2 Å². The molecule has 1 rings (SSSR count). The zero-order valence-electron chi connectivity index (χ0n) is 9.00. The van der Waals surface area contributed by atoms with Crippen molar-refractivity contribution >= 4 is 0 Å². The summed E-state index contributed by atoms with van der Waals surface area (Å²) < 4.78 is 1.93. The molecule has 0 bridgehead atoms. The lowest BCUT2D eigenvalue weighted by molar-refractivity contribution is 0.364. The fourth-order valence-electron chi connectivity index (χ4n) is 1.40. The lowest BCUT2D eigenvalue weighted by Crippen LogP contribution is -2.38. The third-order valence-electron chi connectivity index (χ3n) is 1.78. The average Bonchev–Trinajstić information content (AvgIpc) is 2.30. The van der Waals surface area contributed by atoms with Crippen LogP contribution in [0.25, 0.3) is 0 Å². The fraction of sp³-hybridized carbons (Fsp3) is 0.778. The van der Waals surface area contributed by atoms with Crippen LogP contribution >= 0.6 is 0 Å². The van der Waals surface area contributed by atoms with E-state index in [0.29, 0.717) is 0 Å². The lowest BCUT2D eigenvalue weighted by Gasteiger charge is -2.25. The fourth-order valence-corrected chi connectivity index (χ4v) is 1.40. The van der Waals surface area contributed by atoms with Gasteiger partial charge in [0.15, 0.2) is 0 Å². The van der Waals surface area contributed by atoms with Crippen molar-refractivity contribution in [3.8, 4) is 0 Å². The maximum Gasteiger partial charge on any atom is 0.149 e. The van der Waals surface area contributed by atoms with Crippen LogP contribution in [-0.2, 0) is 7.05 Å². The summed E-state index contributed by atoms with van der Waals surface area (Å²) in [5, 5.41) is 11.3. The minimum absolute atomic E-state index is 0.103. The Labute approximate surface area is 79.4 Å². The minimum Gasteiger partial charge on any atom is -0.319 e. The Kier molecular flexibility index (Phi) is 2.71. The molecule has 0 fully saturated rings. The van der Waals surface area contributed by atoms with E-state index in [-0.39, 0.29) is 11.6 Å². The third-order valence-corrected chi connectivity index (χ3v) is 1.78. The lowest BCUT2D eigenvalue weighted by atomic mass is 10.1. The number of hydrogen-bond acceptors (Lipinski definition) is 3. The van der Waals surface area contributed by atoms with Gasteiger partial charge in [-0.15, -0.1) is 10.2 Å².